The zero-order valence-electron chi connectivity index (χ0n) is 11.5. The second-order valence-electron chi connectivity index (χ2n) is 4.28. The molecule has 0 unspecified atom stereocenters. The van der Waals surface area contributed by atoms with Gasteiger partial charge in [0.1, 0.15) is 0 Å². The van der Waals surface area contributed by atoms with Crippen LogP contribution < -0.4 is 5.73 Å². The molecule has 7 nitrogen and oxygen atoms in total. The van der Waals surface area contributed by atoms with Gasteiger partial charge in [-0.2, -0.15) is 4.31 Å². The van der Waals surface area contributed by atoms with Crippen molar-refractivity contribution in [3.63, 3.8) is 0 Å². The highest BCUT2D eigenvalue weighted by molar-refractivity contribution is 9.10. The fourth-order valence-corrected chi connectivity index (χ4v) is 3.80. The third kappa shape index (κ3) is 3.80. The van der Waals surface area contributed by atoms with Crippen molar-refractivity contribution >= 4 is 37.8 Å². The lowest BCUT2D eigenvalue weighted by atomic mass is 10.1. The number of carbonyl (C=O) groups is 2. The van der Waals surface area contributed by atoms with Gasteiger partial charge >= 0.3 is 5.97 Å². The molecular weight excluding hydrogens is 364 g/mol. The number of halogens is 1. The molecule has 0 saturated carbocycles. The fraction of sp³-hybridized carbons (Fsp3) is 0.333. The van der Waals surface area contributed by atoms with Gasteiger partial charge in [0.05, 0.1) is 17.0 Å². The summed E-state index contributed by atoms with van der Waals surface area (Å²) >= 11 is 3.14. The number of nitrogens with zero attached hydrogens (tertiary/aromatic N) is 1. The molecule has 0 fully saturated rings. The Kier molecular flexibility index (Phi) is 5.48. The molecule has 3 N–H and O–H groups in total. The first-order chi connectivity index (χ1) is 9.61. The first kappa shape index (κ1) is 17.6. The van der Waals surface area contributed by atoms with Crippen LogP contribution in [-0.4, -0.2) is 42.8 Å². The Morgan fingerprint density at radius 3 is 2.38 bits per heavy atom. The highest BCUT2D eigenvalue weighted by atomic mass is 79.9. The van der Waals surface area contributed by atoms with Crippen molar-refractivity contribution in [1.82, 2.24) is 4.31 Å². The SMILES string of the molecule is CCN(CC(N)=O)S(=O)(=O)c1cc(Br)c(C)c(C(=O)O)c1. The Morgan fingerprint density at radius 1 is 1.38 bits per heavy atom. The molecule has 9 heteroatoms. The van der Waals surface area contributed by atoms with Crippen LogP contribution in [0.2, 0.25) is 0 Å². The summed E-state index contributed by atoms with van der Waals surface area (Å²) in [6.07, 6.45) is 0. The molecule has 0 atom stereocenters. The van der Waals surface area contributed by atoms with Gasteiger partial charge in [-0.25, -0.2) is 13.2 Å². The first-order valence-electron chi connectivity index (χ1n) is 5.93. The van der Waals surface area contributed by atoms with Gasteiger partial charge in [-0.05, 0) is 24.6 Å². The van der Waals surface area contributed by atoms with Crippen molar-refractivity contribution in [2.75, 3.05) is 13.1 Å². The van der Waals surface area contributed by atoms with Crippen molar-refractivity contribution in [3.8, 4) is 0 Å². The predicted molar refractivity (Wildman–Crippen MR) is 79.5 cm³/mol. The molecule has 1 aromatic carbocycles. The summed E-state index contributed by atoms with van der Waals surface area (Å²) in [5.41, 5.74) is 5.32. The molecule has 0 aliphatic carbocycles. The third-order valence-electron chi connectivity index (χ3n) is 2.87. The van der Waals surface area contributed by atoms with Crippen LogP contribution in [0.5, 0.6) is 0 Å². The minimum atomic E-state index is -4.00. The summed E-state index contributed by atoms with van der Waals surface area (Å²) in [6, 6.07) is 2.38. The summed E-state index contributed by atoms with van der Waals surface area (Å²) in [4.78, 5) is 21.9. The van der Waals surface area contributed by atoms with Gasteiger partial charge in [0.2, 0.25) is 15.9 Å². The average Bonchev–Trinajstić information content (AvgIpc) is 2.37. The van der Waals surface area contributed by atoms with Crippen molar-refractivity contribution in [2.45, 2.75) is 18.7 Å². The average molecular weight is 379 g/mol. The van der Waals surface area contributed by atoms with E-state index in [-0.39, 0.29) is 17.0 Å². The molecule has 0 aliphatic rings. The Labute approximate surface area is 130 Å². The second kappa shape index (κ2) is 6.54. The minimum absolute atomic E-state index is 0.0408. The van der Waals surface area contributed by atoms with Crippen LogP contribution in [0.3, 0.4) is 0 Å². The molecule has 0 saturated heterocycles. The molecule has 1 aromatic rings. The van der Waals surface area contributed by atoms with E-state index in [2.05, 4.69) is 15.9 Å². The van der Waals surface area contributed by atoms with E-state index in [1.165, 1.54) is 6.07 Å². The van der Waals surface area contributed by atoms with E-state index in [1.807, 2.05) is 0 Å². The molecular formula is C12H15BrN2O5S. The van der Waals surface area contributed by atoms with Crippen molar-refractivity contribution in [3.05, 3.63) is 27.7 Å². The van der Waals surface area contributed by atoms with E-state index in [4.69, 9.17) is 10.8 Å². The molecule has 0 radical (unpaired) electrons. The Morgan fingerprint density at radius 2 is 1.95 bits per heavy atom. The molecule has 1 rings (SSSR count). The number of carboxylic acid groups (broad SMARTS) is 1. The Balaban J connectivity index is 3.44. The monoisotopic (exact) mass is 378 g/mol. The summed E-state index contributed by atoms with van der Waals surface area (Å²) in [5, 5.41) is 9.12. The van der Waals surface area contributed by atoms with Gasteiger partial charge in [-0.3, -0.25) is 4.79 Å². The van der Waals surface area contributed by atoms with Gasteiger partial charge in [-0.15, -0.1) is 0 Å². The van der Waals surface area contributed by atoms with Gasteiger partial charge in [0.15, 0.2) is 0 Å². The zero-order valence-corrected chi connectivity index (χ0v) is 13.9. The molecule has 1 amide bonds. The van der Waals surface area contributed by atoms with E-state index < -0.39 is 28.4 Å². The largest absolute Gasteiger partial charge is 0.478 e. The maximum absolute atomic E-state index is 12.4. The van der Waals surface area contributed by atoms with Crippen LogP contribution in [0.4, 0.5) is 0 Å². The summed E-state index contributed by atoms with van der Waals surface area (Å²) in [6.45, 7) is 2.69. The Hall–Kier alpha value is -1.45. The number of aromatic carboxylic acids is 1. The molecule has 0 heterocycles. The highest BCUT2D eigenvalue weighted by Crippen LogP contribution is 2.26. The molecule has 0 aromatic heterocycles. The maximum Gasteiger partial charge on any atom is 0.336 e. The number of carbonyl (C=O) groups excluding carboxylic acids is 1. The second-order valence-corrected chi connectivity index (χ2v) is 7.07. The number of likely N-dealkylation sites (N-methyl/N-ethyl adjacent to an activating group) is 1. The number of nitrogens with two attached hydrogens (primary N) is 1. The number of hydrogen-bond acceptors (Lipinski definition) is 4. The Bertz CT molecular complexity index is 687. The minimum Gasteiger partial charge on any atom is -0.478 e. The zero-order chi connectivity index (χ0) is 16.4. The maximum atomic E-state index is 12.4. The molecule has 116 valence electrons. The van der Waals surface area contributed by atoms with Crippen LogP contribution in [0.1, 0.15) is 22.8 Å². The molecule has 0 aliphatic heterocycles. The summed E-state index contributed by atoms with van der Waals surface area (Å²) in [5.74, 6) is -2.02. The van der Waals surface area contributed by atoms with Crippen LogP contribution in [0.15, 0.2) is 21.5 Å². The van der Waals surface area contributed by atoms with E-state index in [0.717, 1.165) is 10.4 Å². The fourth-order valence-electron chi connectivity index (χ4n) is 1.71. The predicted octanol–water partition coefficient (Wildman–Crippen LogP) is 0.952. The van der Waals surface area contributed by atoms with Crippen LogP contribution in [0.25, 0.3) is 0 Å². The van der Waals surface area contributed by atoms with E-state index in [9.17, 15) is 18.0 Å². The number of sulfonamides is 1. The number of hydrogen-bond donors (Lipinski definition) is 2. The summed E-state index contributed by atoms with van der Waals surface area (Å²) in [7, 11) is -4.00. The number of amides is 1. The molecule has 0 spiro atoms. The third-order valence-corrected chi connectivity index (χ3v) is 5.59. The number of rotatable bonds is 6. The van der Waals surface area contributed by atoms with E-state index in [1.54, 1.807) is 13.8 Å². The number of carboxylic acids is 1. The van der Waals surface area contributed by atoms with Gasteiger partial charge in [0.25, 0.3) is 0 Å². The smallest absolute Gasteiger partial charge is 0.336 e. The lowest BCUT2D eigenvalue weighted by molar-refractivity contribution is -0.118. The lowest BCUT2D eigenvalue weighted by Gasteiger charge is -2.19. The molecule has 0 bridgehead atoms. The van der Waals surface area contributed by atoms with E-state index >= 15 is 0 Å². The van der Waals surface area contributed by atoms with Gasteiger partial charge in [-0.1, -0.05) is 22.9 Å². The normalized spacial score (nSPS) is 11.6. The summed E-state index contributed by atoms with van der Waals surface area (Å²) < 4.78 is 26.1. The lowest BCUT2D eigenvalue weighted by Crippen LogP contribution is -2.38. The van der Waals surface area contributed by atoms with Gasteiger partial charge in [0, 0.05) is 11.0 Å². The highest BCUT2D eigenvalue weighted by Gasteiger charge is 2.26. The van der Waals surface area contributed by atoms with Crippen LogP contribution >= 0.6 is 15.9 Å². The number of primary amides is 1. The van der Waals surface area contributed by atoms with Crippen molar-refractivity contribution < 1.29 is 23.1 Å². The van der Waals surface area contributed by atoms with Gasteiger partial charge < -0.3 is 10.8 Å². The van der Waals surface area contributed by atoms with Crippen LogP contribution in [-0.2, 0) is 14.8 Å². The number of benzene rings is 1. The molecule has 21 heavy (non-hydrogen) atoms. The quantitative estimate of drug-likeness (QED) is 0.763. The van der Waals surface area contributed by atoms with E-state index in [0.29, 0.717) is 10.0 Å². The first-order valence-corrected chi connectivity index (χ1v) is 8.16. The van der Waals surface area contributed by atoms with Crippen molar-refractivity contribution in [1.29, 1.82) is 0 Å². The standard InChI is InChI=1S/C12H15BrN2O5S/c1-3-15(6-11(14)16)21(19,20)8-4-9(12(17)18)7(2)10(13)5-8/h4-5H,3,6H2,1-2H3,(H2,14,16)(H,17,18). The van der Waals surface area contributed by atoms with Crippen LogP contribution in [0, 0.1) is 6.92 Å². The topological polar surface area (TPSA) is 118 Å². The van der Waals surface area contributed by atoms with Crippen molar-refractivity contribution in [2.24, 2.45) is 5.73 Å².